The van der Waals surface area contributed by atoms with Crippen molar-refractivity contribution in [2.24, 2.45) is 0 Å². The molecule has 0 amide bonds. The maximum Gasteiger partial charge on any atom is 0.0753 e. The van der Waals surface area contributed by atoms with Crippen molar-refractivity contribution in [3.63, 3.8) is 0 Å². The maximum absolute atomic E-state index is 9.67. The molecular weight excluding hydrogens is 182 g/mol. The van der Waals surface area contributed by atoms with Crippen molar-refractivity contribution in [3.05, 3.63) is 21.9 Å². The van der Waals surface area contributed by atoms with Gasteiger partial charge in [-0.3, -0.25) is 0 Å². The van der Waals surface area contributed by atoms with Crippen LogP contribution in [0.15, 0.2) is 12.1 Å². The number of thiophene rings is 1. The van der Waals surface area contributed by atoms with Crippen LogP contribution in [0.3, 0.4) is 0 Å². The highest BCUT2D eigenvalue weighted by Crippen LogP contribution is 2.29. The van der Waals surface area contributed by atoms with E-state index in [1.54, 1.807) is 0 Å². The first-order valence-corrected chi connectivity index (χ1v) is 5.60. The molecule has 0 radical (unpaired) electrons. The molecule has 1 fully saturated rings. The van der Waals surface area contributed by atoms with Gasteiger partial charge in [0, 0.05) is 28.8 Å². The maximum atomic E-state index is 9.67. The van der Waals surface area contributed by atoms with Crippen molar-refractivity contribution in [3.8, 4) is 0 Å². The molecule has 3 heteroatoms. The third kappa shape index (κ3) is 1.77. The number of hydrogen-bond acceptors (Lipinski definition) is 3. The molecule has 2 rings (SSSR count). The van der Waals surface area contributed by atoms with Gasteiger partial charge in [0.05, 0.1) is 6.10 Å². The molecule has 2 nitrogen and oxygen atoms in total. The van der Waals surface area contributed by atoms with Crippen molar-refractivity contribution in [1.82, 2.24) is 5.32 Å². The van der Waals surface area contributed by atoms with E-state index in [-0.39, 0.29) is 6.10 Å². The van der Waals surface area contributed by atoms with Gasteiger partial charge in [-0.1, -0.05) is 6.92 Å². The molecule has 2 atom stereocenters. The molecular formula is C10H15NOS. The highest BCUT2D eigenvalue weighted by Gasteiger charge is 2.27. The van der Waals surface area contributed by atoms with Crippen LogP contribution >= 0.6 is 11.3 Å². The van der Waals surface area contributed by atoms with Crippen LogP contribution < -0.4 is 5.32 Å². The number of aryl methyl sites for hydroxylation is 1. The monoisotopic (exact) mass is 197 g/mol. The smallest absolute Gasteiger partial charge is 0.0753 e. The first kappa shape index (κ1) is 9.19. The Bertz CT molecular complexity index is 284. The van der Waals surface area contributed by atoms with Crippen LogP contribution in [0.2, 0.25) is 0 Å². The zero-order valence-corrected chi connectivity index (χ0v) is 8.60. The molecule has 0 spiro atoms. The summed E-state index contributed by atoms with van der Waals surface area (Å²) >= 11 is 1.83. The summed E-state index contributed by atoms with van der Waals surface area (Å²) in [5.74, 6) is 0.324. The average molecular weight is 197 g/mol. The first-order chi connectivity index (χ1) is 6.31. The highest BCUT2D eigenvalue weighted by molar-refractivity contribution is 7.12. The number of hydrogen-bond donors (Lipinski definition) is 2. The van der Waals surface area contributed by atoms with Gasteiger partial charge in [0.25, 0.3) is 0 Å². The van der Waals surface area contributed by atoms with E-state index in [9.17, 15) is 5.11 Å². The van der Waals surface area contributed by atoms with Gasteiger partial charge >= 0.3 is 0 Å². The summed E-state index contributed by atoms with van der Waals surface area (Å²) in [5.41, 5.74) is 0. The molecule has 0 aromatic carbocycles. The van der Waals surface area contributed by atoms with Gasteiger partial charge in [0.2, 0.25) is 0 Å². The third-order valence-electron chi connectivity index (χ3n) is 2.58. The van der Waals surface area contributed by atoms with Crippen LogP contribution in [-0.4, -0.2) is 24.3 Å². The second-order valence-electron chi connectivity index (χ2n) is 3.49. The lowest BCUT2D eigenvalue weighted by Crippen LogP contribution is -2.15. The Hall–Kier alpha value is -0.380. The van der Waals surface area contributed by atoms with Crippen molar-refractivity contribution < 1.29 is 5.11 Å². The van der Waals surface area contributed by atoms with E-state index in [0.717, 1.165) is 19.5 Å². The van der Waals surface area contributed by atoms with E-state index >= 15 is 0 Å². The Kier molecular flexibility index (Phi) is 2.67. The molecule has 1 aliphatic rings. The fraction of sp³-hybridized carbons (Fsp3) is 0.600. The average Bonchev–Trinajstić information content (AvgIpc) is 2.71. The quantitative estimate of drug-likeness (QED) is 0.750. The Morgan fingerprint density at radius 3 is 2.92 bits per heavy atom. The number of nitrogens with one attached hydrogen (secondary N) is 1. The molecule has 0 aliphatic carbocycles. The fourth-order valence-electron chi connectivity index (χ4n) is 1.74. The van der Waals surface area contributed by atoms with Crippen molar-refractivity contribution in [2.75, 3.05) is 13.1 Å². The zero-order chi connectivity index (χ0) is 9.26. The van der Waals surface area contributed by atoms with Gasteiger partial charge in [-0.2, -0.15) is 0 Å². The Balaban J connectivity index is 2.15. The van der Waals surface area contributed by atoms with E-state index in [1.807, 2.05) is 11.3 Å². The summed E-state index contributed by atoms with van der Waals surface area (Å²) in [6.45, 7) is 3.83. The van der Waals surface area contributed by atoms with Crippen molar-refractivity contribution in [2.45, 2.75) is 25.4 Å². The molecule has 1 aromatic rings. The first-order valence-electron chi connectivity index (χ1n) is 4.78. The molecule has 1 aromatic heterocycles. The molecule has 2 N–H and O–H groups in total. The normalized spacial score (nSPS) is 28.2. The minimum atomic E-state index is -0.191. The van der Waals surface area contributed by atoms with E-state index in [4.69, 9.17) is 0 Å². The Morgan fingerprint density at radius 1 is 1.54 bits per heavy atom. The van der Waals surface area contributed by atoms with Gasteiger partial charge in [0.1, 0.15) is 0 Å². The minimum Gasteiger partial charge on any atom is -0.391 e. The predicted molar refractivity (Wildman–Crippen MR) is 55.3 cm³/mol. The highest BCUT2D eigenvalue weighted by atomic mass is 32.1. The molecule has 2 unspecified atom stereocenters. The summed E-state index contributed by atoms with van der Waals surface area (Å²) in [6.07, 6.45) is 0.907. The van der Waals surface area contributed by atoms with Crippen molar-refractivity contribution >= 4 is 11.3 Å². The number of aliphatic hydroxyl groups excluding tert-OH is 1. The van der Waals surface area contributed by atoms with Crippen LogP contribution in [0.1, 0.15) is 22.6 Å². The van der Waals surface area contributed by atoms with E-state index < -0.39 is 0 Å². The second-order valence-corrected chi connectivity index (χ2v) is 4.69. The van der Waals surface area contributed by atoms with Crippen LogP contribution in [0, 0.1) is 0 Å². The van der Waals surface area contributed by atoms with E-state index in [0.29, 0.717) is 5.92 Å². The number of rotatable bonds is 2. The lowest BCUT2D eigenvalue weighted by molar-refractivity contribution is 0.179. The van der Waals surface area contributed by atoms with Crippen LogP contribution in [-0.2, 0) is 6.42 Å². The number of β-amino-alcohol motifs (C(OH)–C–C–N with tert-alkyl or cyclic N) is 1. The lowest BCUT2D eigenvalue weighted by atomic mass is 10.1. The van der Waals surface area contributed by atoms with Crippen LogP contribution in [0.4, 0.5) is 0 Å². The molecule has 0 bridgehead atoms. The molecule has 2 heterocycles. The topological polar surface area (TPSA) is 32.3 Å². The SMILES string of the molecule is CCc1ccc(C2CNCC2O)s1. The van der Waals surface area contributed by atoms with Crippen LogP contribution in [0.5, 0.6) is 0 Å². The largest absolute Gasteiger partial charge is 0.391 e. The van der Waals surface area contributed by atoms with Crippen LogP contribution in [0.25, 0.3) is 0 Å². The van der Waals surface area contributed by atoms with Crippen molar-refractivity contribution in [1.29, 1.82) is 0 Å². The minimum absolute atomic E-state index is 0.191. The molecule has 13 heavy (non-hydrogen) atoms. The second kappa shape index (κ2) is 3.78. The van der Waals surface area contributed by atoms with Gasteiger partial charge in [-0.25, -0.2) is 0 Å². The zero-order valence-electron chi connectivity index (χ0n) is 7.79. The summed E-state index contributed by atoms with van der Waals surface area (Å²) in [7, 11) is 0. The molecule has 1 aliphatic heterocycles. The standard InChI is InChI=1S/C10H15NOS/c1-2-7-3-4-10(13-7)8-5-11-6-9(8)12/h3-4,8-9,11-12H,2,5-6H2,1H3. The molecule has 72 valence electrons. The summed E-state index contributed by atoms with van der Waals surface area (Å²) < 4.78 is 0. The van der Waals surface area contributed by atoms with E-state index in [2.05, 4.69) is 24.4 Å². The number of aliphatic hydroxyl groups is 1. The lowest BCUT2D eigenvalue weighted by Gasteiger charge is -2.10. The Morgan fingerprint density at radius 2 is 2.38 bits per heavy atom. The Labute approximate surface area is 82.6 Å². The summed E-state index contributed by atoms with van der Waals surface area (Å²) in [5, 5.41) is 12.9. The van der Waals surface area contributed by atoms with Gasteiger partial charge in [-0.05, 0) is 18.6 Å². The molecule has 0 saturated carbocycles. The summed E-state index contributed by atoms with van der Waals surface area (Å²) in [4.78, 5) is 2.74. The predicted octanol–water partition coefficient (Wildman–Crippen LogP) is 1.36. The van der Waals surface area contributed by atoms with Gasteiger partial charge in [-0.15, -0.1) is 11.3 Å². The molecule has 1 saturated heterocycles. The van der Waals surface area contributed by atoms with Gasteiger partial charge < -0.3 is 10.4 Å². The third-order valence-corrected chi connectivity index (χ3v) is 3.94. The van der Waals surface area contributed by atoms with E-state index in [1.165, 1.54) is 9.75 Å². The summed E-state index contributed by atoms with van der Waals surface area (Å²) in [6, 6.07) is 4.33. The fourth-order valence-corrected chi connectivity index (χ4v) is 2.85. The van der Waals surface area contributed by atoms with Gasteiger partial charge in [0.15, 0.2) is 0 Å².